The van der Waals surface area contributed by atoms with Crippen molar-refractivity contribution < 1.29 is 9.53 Å². The van der Waals surface area contributed by atoms with Gasteiger partial charge in [0.05, 0.1) is 29.9 Å². The quantitative estimate of drug-likeness (QED) is 0.477. The summed E-state index contributed by atoms with van der Waals surface area (Å²) >= 11 is 0. The first-order valence-electron chi connectivity index (χ1n) is 11.7. The van der Waals surface area contributed by atoms with Crippen LogP contribution in [0, 0.1) is 11.8 Å². The van der Waals surface area contributed by atoms with E-state index in [-0.39, 0.29) is 0 Å². The molecule has 0 aliphatic carbocycles. The fourth-order valence-electron chi connectivity index (χ4n) is 6.51. The SMILES string of the molecule is CCOc1cc(-c2ccc(N3C[C@@H]4C5CCC([C@@H]4C3)N5C=O)nc2)c2c3cn[nH]c3nn2c1. The van der Waals surface area contributed by atoms with Gasteiger partial charge in [-0.3, -0.25) is 9.89 Å². The lowest BCUT2D eigenvalue weighted by molar-refractivity contribution is -0.119. The van der Waals surface area contributed by atoms with Crippen LogP contribution in [0.5, 0.6) is 5.75 Å². The highest BCUT2D eigenvalue weighted by atomic mass is 16.5. The van der Waals surface area contributed by atoms with E-state index in [0.717, 1.165) is 71.6 Å². The molecule has 3 aliphatic rings. The normalized spacial score (nSPS) is 26.0. The Labute approximate surface area is 190 Å². The van der Waals surface area contributed by atoms with Crippen LogP contribution in [0.15, 0.2) is 36.8 Å². The number of carbonyl (C=O) groups is 1. The summed E-state index contributed by atoms with van der Waals surface area (Å²) in [7, 11) is 0. The minimum absolute atomic E-state index is 0.413. The molecule has 9 heteroatoms. The van der Waals surface area contributed by atoms with Gasteiger partial charge in [0, 0.05) is 54.3 Å². The Hall–Kier alpha value is -3.62. The Balaban J connectivity index is 1.22. The highest BCUT2D eigenvalue weighted by Gasteiger charge is 2.56. The number of fused-ring (bicyclic) bond motifs is 8. The molecular weight excluding hydrogens is 418 g/mol. The molecule has 0 spiro atoms. The molecule has 4 atom stereocenters. The molecule has 33 heavy (non-hydrogen) atoms. The summed E-state index contributed by atoms with van der Waals surface area (Å²) in [5.41, 5.74) is 3.76. The molecule has 2 bridgehead atoms. The van der Waals surface area contributed by atoms with E-state index in [1.54, 1.807) is 0 Å². The smallest absolute Gasteiger partial charge is 0.210 e. The molecule has 7 rings (SSSR count). The predicted octanol–water partition coefficient (Wildman–Crippen LogP) is 2.73. The zero-order valence-corrected chi connectivity index (χ0v) is 18.4. The van der Waals surface area contributed by atoms with Gasteiger partial charge in [0.15, 0.2) is 5.65 Å². The molecule has 0 radical (unpaired) electrons. The number of amides is 1. The number of pyridine rings is 2. The van der Waals surface area contributed by atoms with Crippen LogP contribution in [-0.2, 0) is 4.79 Å². The van der Waals surface area contributed by atoms with Crippen molar-refractivity contribution in [3.05, 3.63) is 36.8 Å². The highest BCUT2D eigenvalue weighted by Crippen LogP contribution is 2.49. The van der Waals surface area contributed by atoms with Gasteiger partial charge < -0.3 is 14.5 Å². The fraction of sp³-hybridized carbons (Fsp3) is 0.417. The lowest BCUT2D eigenvalue weighted by atomic mass is 9.82. The number of anilines is 1. The number of ether oxygens (including phenoxy) is 1. The van der Waals surface area contributed by atoms with Crippen LogP contribution in [0.1, 0.15) is 19.8 Å². The first-order chi connectivity index (χ1) is 16.2. The van der Waals surface area contributed by atoms with E-state index < -0.39 is 0 Å². The monoisotopic (exact) mass is 443 g/mol. The van der Waals surface area contributed by atoms with E-state index in [1.165, 1.54) is 0 Å². The number of H-pyrrole nitrogens is 1. The third-order valence-electron chi connectivity index (χ3n) is 7.84. The largest absolute Gasteiger partial charge is 0.492 e. The minimum Gasteiger partial charge on any atom is -0.492 e. The maximum atomic E-state index is 11.5. The number of rotatable bonds is 5. The summed E-state index contributed by atoms with van der Waals surface area (Å²) in [6, 6.07) is 7.12. The van der Waals surface area contributed by atoms with E-state index in [1.807, 2.05) is 30.0 Å². The van der Waals surface area contributed by atoms with Crippen molar-refractivity contribution in [3.8, 4) is 16.9 Å². The predicted molar refractivity (Wildman–Crippen MR) is 123 cm³/mol. The van der Waals surface area contributed by atoms with E-state index in [2.05, 4.69) is 43.3 Å². The summed E-state index contributed by atoms with van der Waals surface area (Å²) < 4.78 is 7.65. The molecule has 0 saturated carbocycles. The van der Waals surface area contributed by atoms with Crippen molar-refractivity contribution in [2.45, 2.75) is 31.8 Å². The highest BCUT2D eigenvalue weighted by molar-refractivity contribution is 6.00. The lowest BCUT2D eigenvalue weighted by Gasteiger charge is -2.24. The fourth-order valence-corrected chi connectivity index (χ4v) is 6.51. The standard InChI is InChI=1S/C24H25N7O2/c1-2-33-15-7-16(23-17-9-26-27-24(17)28-31(23)10-15)14-3-6-22(25-8-14)29-11-18-19(12-29)21-5-4-20(18)30(21)13-32/h3,6-10,13,18-21H,2,4-5,11-12H2,1H3,(H,27,28)/t18-,19+,20?,21?. The first-order valence-corrected chi connectivity index (χ1v) is 11.7. The number of aromatic amines is 1. The average Bonchev–Trinajstić information content (AvgIpc) is 3.62. The van der Waals surface area contributed by atoms with Gasteiger partial charge in [0.1, 0.15) is 11.6 Å². The Bertz CT molecular complexity index is 1340. The molecule has 1 N–H and O–H groups in total. The zero-order valence-electron chi connectivity index (χ0n) is 18.4. The van der Waals surface area contributed by atoms with Gasteiger partial charge in [-0.25, -0.2) is 9.50 Å². The summed E-state index contributed by atoms with van der Waals surface area (Å²) in [4.78, 5) is 20.8. The van der Waals surface area contributed by atoms with E-state index in [9.17, 15) is 4.79 Å². The van der Waals surface area contributed by atoms with Gasteiger partial charge in [-0.05, 0) is 38.0 Å². The Morgan fingerprint density at radius 3 is 2.70 bits per heavy atom. The molecule has 4 aromatic heterocycles. The van der Waals surface area contributed by atoms with Crippen LogP contribution < -0.4 is 9.64 Å². The van der Waals surface area contributed by atoms with Gasteiger partial charge in [-0.1, -0.05) is 0 Å². The molecule has 7 heterocycles. The van der Waals surface area contributed by atoms with Crippen LogP contribution in [0.4, 0.5) is 5.82 Å². The summed E-state index contributed by atoms with van der Waals surface area (Å²) in [5.74, 6) is 2.91. The summed E-state index contributed by atoms with van der Waals surface area (Å²) in [6.45, 7) is 4.52. The molecule has 4 aromatic rings. The molecule has 3 fully saturated rings. The number of carbonyl (C=O) groups excluding carboxylic acids is 1. The summed E-state index contributed by atoms with van der Waals surface area (Å²) in [6.07, 6.45) is 9.01. The zero-order chi connectivity index (χ0) is 22.1. The Kier molecular flexibility index (Phi) is 3.97. The minimum atomic E-state index is 0.413. The number of nitrogens with zero attached hydrogens (tertiary/aromatic N) is 6. The number of hydrogen-bond acceptors (Lipinski definition) is 6. The second kappa shape index (κ2) is 6.94. The molecule has 2 unspecified atom stereocenters. The average molecular weight is 444 g/mol. The van der Waals surface area contributed by atoms with Crippen molar-refractivity contribution in [3.63, 3.8) is 0 Å². The summed E-state index contributed by atoms with van der Waals surface area (Å²) in [5, 5.41) is 12.7. The second-order valence-electron chi connectivity index (χ2n) is 9.35. The van der Waals surface area contributed by atoms with Crippen LogP contribution in [0.3, 0.4) is 0 Å². The molecule has 3 aliphatic heterocycles. The van der Waals surface area contributed by atoms with Crippen LogP contribution in [-0.4, -0.2) is 67.9 Å². The van der Waals surface area contributed by atoms with Gasteiger partial charge in [0.25, 0.3) is 0 Å². The van der Waals surface area contributed by atoms with E-state index in [4.69, 9.17) is 9.72 Å². The third kappa shape index (κ3) is 2.65. The van der Waals surface area contributed by atoms with Crippen LogP contribution in [0.2, 0.25) is 0 Å². The Morgan fingerprint density at radius 2 is 2.00 bits per heavy atom. The maximum Gasteiger partial charge on any atom is 0.210 e. The van der Waals surface area contributed by atoms with Crippen molar-refractivity contribution in [1.82, 2.24) is 29.7 Å². The first kappa shape index (κ1) is 18.9. The molecular formula is C24H25N7O2. The number of aromatic nitrogens is 5. The van der Waals surface area contributed by atoms with Crippen molar-refractivity contribution in [2.24, 2.45) is 11.8 Å². The maximum absolute atomic E-state index is 11.5. The van der Waals surface area contributed by atoms with Crippen LogP contribution in [0.25, 0.3) is 27.7 Å². The second-order valence-corrected chi connectivity index (χ2v) is 9.35. The van der Waals surface area contributed by atoms with E-state index in [0.29, 0.717) is 30.5 Å². The molecule has 3 saturated heterocycles. The van der Waals surface area contributed by atoms with Crippen molar-refractivity contribution in [1.29, 1.82) is 0 Å². The third-order valence-corrected chi connectivity index (χ3v) is 7.84. The van der Waals surface area contributed by atoms with Gasteiger partial charge in [0.2, 0.25) is 6.41 Å². The van der Waals surface area contributed by atoms with Crippen LogP contribution >= 0.6 is 0 Å². The van der Waals surface area contributed by atoms with E-state index >= 15 is 0 Å². The topological polar surface area (TPSA) is 91.6 Å². The lowest BCUT2D eigenvalue weighted by Crippen LogP contribution is -2.34. The van der Waals surface area contributed by atoms with Gasteiger partial charge >= 0.3 is 0 Å². The molecule has 168 valence electrons. The Morgan fingerprint density at radius 1 is 1.18 bits per heavy atom. The van der Waals surface area contributed by atoms with Crippen molar-refractivity contribution in [2.75, 3.05) is 24.6 Å². The van der Waals surface area contributed by atoms with Crippen molar-refractivity contribution >= 4 is 28.8 Å². The molecule has 9 nitrogen and oxygen atoms in total. The molecule has 1 amide bonds. The number of nitrogens with one attached hydrogen (secondary N) is 1. The van der Waals surface area contributed by atoms with Gasteiger partial charge in [-0.15, -0.1) is 5.10 Å². The molecule has 0 aromatic carbocycles. The van der Waals surface area contributed by atoms with Gasteiger partial charge in [-0.2, -0.15) is 5.10 Å². The number of hydrogen-bond donors (Lipinski definition) is 1.